The summed E-state index contributed by atoms with van der Waals surface area (Å²) < 4.78 is 5.54. The van der Waals surface area contributed by atoms with E-state index in [0.717, 1.165) is 38.8 Å². The third kappa shape index (κ3) is 4.95. The molecule has 1 aromatic rings. The van der Waals surface area contributed by atoms with Crippen molar-refractivity contribution in [3.8, 4) is 0 Å². The lowest BCUT2D eigenvalue weighted by atomic mass is 9.90. The molecule has 2 unspecified atom stereocenters. The van der Waals surface area contributed by atoms with Crippen LogP contribution < -0.4 is 11.1 Å². The maximum absolute atomic E-state index is 12.3. The van der Waals surface area contributed by atoms with Crippen LogP contribution in [0, 0.1) is 5.92 Å². The molecule has 6 nitrogen and oxygen atoms in total. The Kier molecular flexibility index (Phi) is 5.91. The number of likely N-dealkylation sites (tertiary alicyclic amines) is 1. The number of benzene rings is 1. The third-order valence-corrected chi connectivity index (χ3v) is 5.17. The maximum atomic E-state index is 12.3. The average Bonchev–Trinajstić information content (AvgIpc) is 3.11. The number of carbonyl (C=O) groups excluding carboxylic acids is 2. The highest BCUT2D eigenvalue weighted by Gasteiger charge is 2.30. The van der Waals surface area contributed by atoms with Gasteiger partial charge in [0, 0.05) is 19.6 Å². The van der Waals surface area contributed by atoms with Crippen LogP contribution in [-0.2, 0) is 16.0 Å². The van der Waals surface area contributed by atoms with Crippen molar-refractivity contribution in [2.75, 3.05) is 19.6 Å². The standard InChI is InChI=1S/C19H27N3O3/c20-18(23)17-7-6-16(25-17)13-21-19(24)22-10-8-15(9-11-22)12-14-4-2-1-3-5-14/h1-5,15-17H,6-13H2,(H2,20,23)(H,21,24). The Hall–Kier alpha value is -2.08. The minimum absolute atomic E-state index is 0.0377. The molecule has 0 spiro atoms. The second-order valence-corrected chi connectivity index (χ2v) is 7.03. The lowest BCUT2D eigenvalue weighted by Crippen LogP contribution is -2.46. The van der Waals surface area contributed by atoms with Crippen molar-refractivity contribution in [2.45, 2.75) is 44.3 Å². The summed E-state index contributed by atoms with van der Waals surface area (Å²) in [6, 6.07) is 10.5. The van der Waals surface area contributed by atoms with E-state index in [9.17, 15) is 9.59 Å². The number of primary amides is 1. The highest BCUT2D eigenvalue weighted by atomic mass is 16.5. The Morgan fingerprint density at radius 3 is 2.48 bits per heavy atom. The molecule has 3 N–H and O–H groups in total. The number of nitrogens with one attached hydrogen (secondary N) is 1. The highest BCUT2D eigenvalue weighted by Crippen LogP contribution is 2.22. The molecule has 2 heterocycles. The summed E-state index contributed by atoms with van der Waals surface area (Å²) in [7, 11) is 0. The average molecular weight is 345 g/mol. The molecule has 3 rings (SSSR count). The molecule has 2 saturated heterocycles. The summed E-state index contributed by atoms with van der Waals surface area (Å²) in [4.78, 5) is 25.3. The van der Waals surface area contributed by atoms with E-state index in [1.807, 2.05) is 11.0 Å². The minimum atomic E-state index is -0.504. The maximum Gasteiger partial charge on any atom is 0.317 e. The van der Waals surface area contributed by atoms with Crippen molar-refractivity contribution in [3.05, 3.63) is 35.9 Å². The van der Waals surface area contributed by atoms with E-state index in [4.69, 9.17) is 10.5 Å². The quantitative estimate of drug-likeness (QED) is 0.851. The van der Waals surface area contributed by atoms with Gasteiger partial charge >= 0.3 is 6.03 Å². The summed E-state index contributed by atoms with van der Waals surface area (Å²) in [5, 5.41) is 2.93. The van der Waals surface area contributed by atoms with Gasteiger partial charge < -0.3 is 20.7 Å². The predicted octanol–water partition coefficient (Wildman–Crippen LogP) is 1.68. The lowest BCUT2D eigenvalue weighted by Gasteiger charge is -2.32. The Balaban J connectivity index is 1.36. The summed E-state index contributed by atoms with van der Waals surface area (Å²) in [6.45, 7) is 2.02. The number of hydrogen-bond acceptors (Lipinski definition) is 3. The van der Waals surface area contributed by atoms with Crippen molar-refractivity contribution in [2.24, 2.45) is 11.7 Å². The monoisotopic (exact) mass is 345 g/mol. The molecule has 2 fully saturated rings. The van der Waals surface area contributed by atoms with Crippen LogP contribution in [-0.4, -0.2) is 48.7 Å². The molecular weight excluding hydrogens is 318 g/mol. The van der Waals surface area contributed by atoms with Gasteiger partial charge in [-0.1, -0.05) is 30.3 Å². The number of piperidine rings is 1. The molecule has 2 atom stereocenters. The highest BCUT2D eigenvalue weighted by molar-refractivity contribution is 5.79. The largest absolute Gasteiger partial charge is 0.367 e. The van der Waals surface area contributed by atoms with Crippen molar-refractivity contribution < 1.29 is 14.3 Å². The molecule has 1 aromatic carbocycles. The van der Waals surface area contributed by atoms with Gasteiger partial charge in [0.1, 0.15) is 6.10 Å². The fourth-order valence-corrected chi connectivity index (χ4v) is 3.67. The summed E-state index contributed by atoms with van der Waals surface area (Å²) >= 11 is 0. The van der Waals surface area contributed by atoms with E-state index in [-0.39, 0.29) is 12.1 Å². The first-order valence-electron chi connectivity index (χ1n) is 9.13. The van der Waals surface area contributed by atoms with Crippen LogP contribution in [0.1, 0.15) is 31.2 Å². The first-order valence-corrected chi connectivity index (χ1v) is 9.13. The van der Waals surface area contributed by atoms with Crippen LogP contribution in [0.5, 0.6) is 0 Å². The van der Waals surface area contributed by atoms with Crippen molar-refractivity contribution in [1.82, 2.24) is 10.2 Å². The second-order valence-electron chi connectivity index (χ2n) is 7.03. The van der Waals surface area contributed by atoms with E-state index in [1.54, 1.807) is 0 Å². The van der Waals surface area contributed by atoms with E-state index < -0.39 is 12.0 Å². The van der Waals surface area contributed by atoms with Gasteiger partial charge in [0.2, 0.25) is 5.91 Å². The minimum Gasteiger partial charge on any atom is -0.367 e. The van der Waals surface area contributed by atoms with Crippen molar-refractivity contribution >= 4 is 11.9 Å². The van der Waals surface area contributed by atoms with E-state index in [1.165, 1.54) is 5.56 Å². The van der Waals surface area contributed by atoms with Gasteiger partial charge in [0.25, 0.3) is 0 Å². The Morgan fingerprint density at radius 1 is 1.12 bits per heavy atom. The Morgan fingerprint density at radius 2 is 1.84 bits per heavy atom. The molecule has 0 aromatic heterocycles. The van der Waals surface area contributed by atoms with E-state index in [0.29, 0.717) is 18.9 Å². The number of carbonyl (C=O) groups is 2. The Labute approximate surface area is 148 Å². The molecule has 2 aliphatic heterocycles. The number of rotatable bonds is 5. The molecule has 25 heavy (non-hydrogen) atoms. The molecule has 0 radical (unpaired) electrons. The molecule has 6 heteroatoms. The van der Waals surface area contributed by atoms with Crippen LogP contribution in [0.15, 0.2) is 30.3 Å². The molecule has 3 amide bonds. The van der Waals surface area contributed by atoms with Crippen LogP contribution in [0.2, 0.25) is 0 Å². The topological polar surface area (TPSA) is 84.7 Å². The normalized spacial score (nSPS) is 24.2. The molecule has 0 aliphatic carbocycles. The fraction of sp³-hybridized carbons (Fsp3) is 0.579. The summed E-state index contributed by atoms with van der Waals surface area (Å²) in [6.07, 6.45) is 3.93. The number of nitrogens with zero attached hydrogens (tertiary/aromatic N) is 1. The third-order valence-electron chi connectivity index (χ3n) is 5.17. The lowest BCUT2D eigenvalue weighted by molar-refractivity contribution is -0.128. The van der Waals surface area contributed by atoms with Crippen molar-refractivity contribution in [1.29, 1.82) is 0 Å². The zero-order valence-corrected chi connectivity index (χ0v) is 14.5. The first kappa shape index (κ1) is 17.7. The summed E-state index contributed by atoms with van der Waals surface area (Å²) in [5.41, 5.74) is 6.61. The number of nitrogens with two attached hydrogens (primary N) is 1. The molecular formula is C19H27N3O3. The number of urea groups is 1. The number of hydrogen-bond donors (Lipinski definition) is 2. The summed E-state index contributed by atoms with van der Waals surface area (Å²) in [5.74, 6) is 0.218. The first-order chi connectivity index (χ1) is 12.1. The zero-order valence-electron chi connectivity index (χ0n) is 14.5. The predicted molar refractivity (Wildman–Crippen MR) is 94.9 cm³/mol. The number of ether oxygens (including phenoxy) is 1. The second kappa shape index (κ2) is 8.34. The van der Waals surface area contributed by atoms with Gasteiger partial charge in [-0.2, -0.15) is 0 Å². The fourth-order valence-electron chi connectivity index (χ4n) is 3.67. The van der Waals surface area contributed by atoms with Gasteiger partial charge in [0.05, 0.1) is 6.10 Å². The SMILES string of the molecule is NC(=O)C1CCC(CNC(=O)N2CCC(Cc3ccccc3)CC2)O1. The Bertz CT molecular complexity index is 585. The van der Waals surface area contributed by atoms with Crippen LogP contribution in [0.25, 0.3) is 0 Å². The van der Waals surface area contributed by atoms with Gasteiger partial charge in [0.15, 0.2) is 0 Å². The van der Waals surface area contributed by atoms with E-state index in [2.05, 4.69) is 29.6 Å². The molecule has 0 saturated carbocycles. The van der Waals surface area contributed by atoms with Crippen molar-refractivity contribution in [3.63, 3.8) is 0 Å². The van der Waals surface area contributed by atoms with Crippen LogP contribution in [0.3, 0.4) is 0 Å². The molecule has 0 bridgehead atoms. The van der Waals surface area contributed by atoms with Crippen LogP contribution >= 0.6 is 0 Å². The van der Waals surface area contributed by atoms with Gasteiger partial charge in [-0.3, -0.25) is 4.79 Å². The van der Waals surface area contributed by atoms with E-state index >= 15 is 0 Å². The smallest absolute Gasteiger partial charge is 0.317 e. The number of amides is 3. The zero-order chi connectivity index (χ0) is 17.6. The van der Waals surface area contributed by atoms with Crippen LogP contribution in [0.4, 0.5) is 4.79 Å². The molecule has 2 aliphatic rings. The van der Waals surface area contributed by atoms with Gasteiger partial charge in [-0.15, -0.1) is 0 Å². The molecule has 136 valence electrons. The van der Waals surface area contributed by atoms with Gasteiger partial charge in [-0.25, -0.2) is 4.79 Å². The van der Waals surface area contributed by atoms with Gasteiger partial charge in [-0.05, 0) is 43.6 Å².